The summed E-state index contributed by atoms with van der Waals surface area (Å²) >= 11 is 0. The van der Waals surface area contributed by atoms with Crippen molar-refractivity contribution in [1.29, 1.82) is 0 Å². The summed E-state index contributed by atoms with van der Waals surface area (Å²) in [6.07, 6.45) is 3.52. The van der Waals surface area contributed by atoms with E-state index in [-0.39, 0.29) is 11.8 Å². The van der Waals surface area contributed by atoms with E-state index in [1.165, 1.54) is 0 Å². The minimum absolute atomic E-state index is 0.113. The first kappa shape index (κ1) is 15.6. The molecule has 0 unspecified atom stereocenters. The average Bonchev–Trinajstić information content (AvgIpc) is 2.51. The zero-order valence-corrected chi connectivity index (χ0v) is 12.6. The van der Waals surface area contributed by atoms with Crippen LogP contribution in [-0.4, -0.2) is 25.1 Å². The molecule has 1 heterocycles. The van der Waals surface area contributed by atoms with Crippen LogP contribution in [0.5, 0.6) is 5.75 Å². The van der Waals surface area contributed by atoms with Crippen molar-refractivity contribution in [3.8, 4) is 5.75 Å². The fourth-order valence-corrected chi connectivity index (χ4v) is 2.64. The Morgan fingerprint density at radius 3 is 3.10 bits per heavy atom. The molecule has 2 atom stereocenters. The maximum atomic E-state index is 12.2. The first-order valence-electron chi connectivity index (χ1n) is 7.53. The molecule has 0 aliphatic carbocycles. The number of hydrogen-bond donors (Lipinski definition) is 2. The number of rotatable bonds is 6. The van der Waals surface area contributed by atoms with E-state index in [9.17, 15) is 4.79 Å². The van der Waals surface area contributed by atoms with Gasteiger partial charge in [-0.05, 0) is 32.4 Å². The molecule has 1 aliphatic rings. The molecule has 1 aromatic carbocycles. The monoisotopic (exact) mass is 288 g/mol. The van der Waals surface area contributed by atoms with Crippen molar-refractivity contribution < 1.29 is 9.53 Å². The van der Waals surface area contributed by atoms with Crippen LogP contribution in [0.3, 0.4) is 0 Å². The Morgan fingerprint density at radius 1 is 1.52 bits per heavy atom. The van der Waals surface area contributed by atoms with Crippen LogP contribution in [0.1, 0.15) is 25.3 Å². The van der Waals surface area contributed by atoms with Crippen LogP contribution in [0.2, 0.25) is 0 Å². The van der Waals surface area contributed by atoms with Gasteiger partial charge in [0.15, 0.2) is 0 Å². The Balaban J connectivity index is 1.90. The van der Waals surface area contributed by atoms with Gasteiger partial charge >= 0.3 is 0 Å². The normalized spacial score (nSPS) is 21.6. The quantitative estimate of drug-likeness (QED) is 0.789. The van der Waals surface area contributed by atoms with Gasteiger partial charge in [-0.2, -0.15) is 0 Å². The van der Waals surface area contributed by atoms with Crippen molar-refractivity contribution in [2.24, 2.45) is 5.92 Å². The molecule has 4 nitrogen and oxygen atoms in total. The van der Waals surface area contributed by atoms with Gasteiger partial charge in [-0.3, -0.25) is 4.79 Å². The molecule has 1 amide bonds. The lowest BCUT2D eigenvalue weighted by Crippen LogP contribution is -2.42. The third kappa shape index (κ3) is 4.60. The standard InChI is InChI=1S/C17H24N2O2/c1-3-10-21-16-7-5-4-6-15(16)12-19-17(20)14-8-9-18-13(2)11-14/h3-7,13-14,18H,1,8-12H2,2H3,(H,19,20)/t13-,14-/m0/s1. The second kappa shape index (κ2) is 7.84. The number of hydrogen-bond acceptors (Lipinski definition) is 3. The molecule has 0 bridgehead atoms. The molecule has 0 aromatic heterocycles. The first-order chi connectivity index (χ1) is 10.2. The Hall–Kier alpha value is -1.81. The molecule has 1 aromatic rings. The highest BCUT2D eigenvalue weighted by Crippen LogP contribution is 2.19. The summed E-state index contributed by atoms with van der Waals surface area (Å²) in [4.78, 5) is 12.2. The topological polar surface area (TPSA) is 50.4 Å². The van der Waals surface area contributed by atoms with Crippen molar-refractivity contribution in [3.05, 3.63) is 42.5 Å². The molecule has 4 heteroatoms. The fourth-order valence-electron chi connectivity index (χ4n) is 2.64. The smallest absolute Gasteiger partial charge is 0.223 e. The summed E-state index contributed by atoms with van der Waals surface area (Å²) < 4.78 is 5.60. The molecule has 114 valence electrons. The van der Waals surface area contributed by atoms with Gasteiger partial charge in [-0.25, -0.2) is 0 Å². The number of benzene rings is 1. The van der Waals surface area contributed by atoms with E-state index < -0.39 is 0 Å². The van der Waals surface area contributed by atoms with Crippen LogP contribution in [0.4, 0.5) is 0 Å². The number of nitrogens with one attached hydrogen (secondary N) is 2. The molecule has 1 saturated heterocycles. The van der Waals surface area contributed by atoms with Crippen molar-refractivity contribution in [2.75, 3.05) is 13.2 Å². The van der Waals surface area contributed by atoms with Crippen molar-refractivity contribution in [2.45, 2.75) is 32.4 Å². The zero-order chi connectivity index (χ0) is 15.1. The van der Waals surface area contributed by atoms with Gasteiger partial charge in [-0.1, -0.05) is 30.9 Å². The Bertz CT molecular complexity index is 487. The van der Waals surface area contributed by atoms with Gasteiger partial charge in [0.05, 0.1) is 0 Å². The summed E-state index contributed by atoms with van der Waals surface area (Å²) in [5.41, 5.74) is 0.995. The third-order valence-electron chi connectivity index (χ3n) is 3.78. The summed E-state index contributed by atoms with van der Waals surface area (Å²) in [6.45, 7) is 7.66. The summed E-state index contributed by atoms with van der Waals surface area (Å²) in [5.74, 6) is 1.06. The Morgan fingerprint density at radius 2 is 2.33 bits per heavy atom. The summed E-state index contributed by atoms with van der Waals surface area (Å²) in [6, 6.07) is 8.19. The van der Waals surface area contributed by atoms with Crippen LogP contribution in [0.25, 0.3) is 0 Å². The van der Waals surface area contributed by atoms with E-state index in [4.69, 9.17) is 4.74 Å². The predicted octanol–water partition coefficient (Wildman–Crippen LogP) is 2.26. The van der Waals surface area contributed by atoms with E-state index in [0.717, 1.165) is 30.7 Å². The average molecular weight is 288 g/mol. The van der Waals surface area contributed by atoms with Gasteiger partial charge in [0, 0.05) is 24.1 Å². The largest absolute Gasteiger partial charge is 0.489 e. The summed E-state index contributed by atoms with van der Waals surface area (Å²) in [5, 5.41) is 6.40. The van der Waals surface area contributed by atoms with Gasteiger partial charge in [0.2, 0.25) is 5.91 Å². The summed E-state index contributed by atoms with van der Waals surface area (Å²) in [7, 11) is 0. The first-order valence-corrected chi connectivity index (χ1v) is 7.53. The number of carbonyl (C=O) groups excluding carboxylic acids is 1. The van der Waals surface area contributed by atoms with Gasteiger partial charge in [0.25, 0.3) is 0 Å². The molecular formula is C17H24N2O2. The molecule has 2 N–H and O–H groups in total. The van der Waals surface area contributed by atoms with Crippen LogP contribution >= 0.6 is 0 Å². The van der Waals surface area contributed by atoms with Crippen LogP contribution in [0.15, 0.2) is 36.9 Å². The molecule has 2 rings (SSSR count). The zero-order valence-electron chi connectivity index (χ0n) is 12.6. The SMILES string of the molecule is C=CCOc1ccccc1CNC(=O)[C@H]1CCN[C@@H](C)C1. The number of carbonyl (C=O) groups is 1. The van der Waals surface area contributed by atoms with E-state index in [1.807, 2.05) is 24.3 Å². The lowest BCUT2D eigenvalue weighted by atomic mass is 9.92. The Labute approximate surface area is 126 Å². The fraction of sp³-hybridized carbons (Fsp3) is 0.471. The number of ether oxygens (including phenoxy) is 1. The number of amides is 1. The molecule has 21 heavy (non-hydrogen) atoms. The van der Waals surface area contributed by atoms with E-state index in [2.05, 4.69) is 24.1 Å². The minimum atomic E-state index is 0.113. The molecule has 0 radical (unpaired) electrons. The van der Waals surface area contributed by atoms with Crippen molar-refractivity contribution in [3.63, 3.8) is 0 Å². The lowest BCUT2D eigenvalue weighted by Gasteiger charge is -2.27. The molecule has 1 fully saturated rings. The molecule has 0 saturated carbocycles. The minimum Gasteiger partial charge on any atom is -0.489 e. The highest BCUT2D eigenvalue weighted by Gasteiger charge is 2.24. The predicted molar refractivity (Wildman–Crippen MR) is 84.2 cm³/mol. The highest BCUT2D eigenvalue weighted by atomic mass is 16.5. The molecule has 1 aliphatic heterocycles. The van der Waals surface area contributed by atoms with E-state index >= 15 is 0 Å². The second-order valence-electron chi connectivity index (χ2n) is 5.50. The Kier molecular flexibility index (Phi) is 5.81. The van der Waals surface area contributed by atoms with E-state index in [0.29, 0.717) is 19.2 Å². The molecular weight excluding hydrogens is 264 g/mol. The van der Waals surface area contributed by atoms with Crippen molar-refractivity contribution >= 4 is 5.91 Å². The van der Waals surface area contributed by atoms with Crippen LogP contribution in [0, 0.1) is 5.92 Å². The van der Waals surface area contributed by atoms with Crippen LogP contribution < -0.4 is 15.4 Å². The third-order valence-corrected chi connectivity index (χ3v) is 3.78. The van der Waals surface area contributed by atoms with Gasteiger partial charge in [-0.15, -0.1) is 0 Å². The van der Waals surface area contributed by atoms with E-state index in [1.54, 1.807) is 6.08 Å². The lowest BCUT2D eigenvalue weighted by molar-refractivity contribution is -0.126. The maximum Gasteiger partial charge on any atom is 0.223 e. The van der Waals surface area contributed by atoms with Gasteiger partial charge in [0.1, 0.15) is 12.4 Å². The van der Waals surface area contributed by atoms with Crippen LogP contribution in [-0.2, 0) is 11.3 Å². The number of para-hydroxylation sites is 1. The van der Waals surface area contributed by atoms with Crippen molar-refractivity contribution in [1.82, 2.24) is 10.6 Å². The highest BCUT2D eigenvalue weighted by molar-refractivity contribution is 5.78. The maximum absolute atomic E-state index is 12.2. The number of piperidine rings is 1. The molecule has 0 spiro atoms. The second-order valence-corrected chi connectivity index (χ2v) is 5.50. The van der Waals surface area contributed by atoms with Gasteiger partial charge < -0.3 is 15.4 Å².